The number of rotatable bonds is 3. The van der Waals surface area contributed by atoms with Crippen LogP contribution in [0.15, 0.2) is 23.4 Å². The Hall–Kier alpha value is -1.42. The summed E-state index contributed by atoms with van der Waals surface area (Å²) in [7, 11) is 1.92. The van der Waals surface area contributed by atoms with Crippen molar-refractivity contribution in [1.29, 1.82) is 0 Å². The molecule has 5 heteroatoms. The van der Waals surface area contributed by atoms with Gasteiger partial charge in [-0.2, -0.15) is 0 Å². The van der Waals surface area contributed by atoms with Crippen LogP contribution < -0.4 is 10.6 Å². The Morgan fingerprint density at radius 1 is 1.60 bits per heavy atom. The minimum atomic E-state index is 0.0240. The molecule has 1 aromatic rings. The van der Waals surface area contributed by atoms with Crippen LogP contribution >= 0.6 is 11.6 Å². The zero-order chi connectivity index (χ0) is 11.4. The largest absolute Gasteiger partial charge is 0.409 e. The molecule has 1 rings (SSSR count). The van der Waals surface area contributed by atoms with E-state index in [1.165, 1.54) is 0 Å². The topological polar surface area (TPSA) is 61.8 Å². The van der Waals surface area contributed by atoms with Crippen molar-refractivity contribution in [3.8, 4) is 0 Å². The number of halogens is 1. The summed E-state index contributed by atoms with van der Waals surface area (Å²) < 4.78 is 0. The normalized spacial score (nSPS) is 11.5. The minimum absolute atomic E-state index is 0.0240. The maximum absolute atomic E-state index is 8.68. The molecule has 4 nitrogen and oxygen atoms in total. The lowest BCUT2D eigenvalue weighted by Gasteiger charge is -2.20. The minimum Gasteiger partial charge on any atom is -0.409 e. The van der Waals surface area contributed by atoms with Gasteiger partial charge in [0.25, 0.3) is 0 Å². The Bertz CT molecular complexity index is 379. The summed E-state index contributed by atoms with van der Waals surface area (Å²) >= 11 is 6.01. The Kier molecular flexibility index (Phi) is 3.80. The van der Waals surface area contributed by atoms with E-state index in [0.717, 1.165) is 12.2 Å². The summed E-state index contributed by atoms with van der Waals surface area (Å²) in [5.41, 5.74) is 6.99. The average molecular weight is 228 g/mol. The maximum atomic E-state index is 8.68. The molecule has 0 unspecified atom stereocenters. The zero-order valence-corrected chi connectivity index (χ0v) is 9.49. The van der Waals surface area contributed by atoms with Crippen molar-refractivity contribution in [2.24, 2.45) is 10.9 Å². The molecule has 15 heavy (non-hydrogen) atoms. The van der Waals surface area contributed by atoms with Crippen LogP contribution in [0.2, 0.25) is 5.02 Å². The monoisotopic (exact) mass is 227 g/mol. The predicted molar refractivity (Wildman–Crippen MR) is 62.9 cm³/mol. The summed E-state index contributed by atoms with van der Waals surface area (Å²) in [6, 6.07) is 5.42. The molecule has 0 aliphatic heterocycles. The lowest BCUT2D eigenvalue weighted by molar-refractivity contribution is 0.318. The van der Waals surface area contributed by atoms with Gasteiger partial charge in [-0.05, 0) is 19.1 Å². The summed E-state index contributed by atoms with van der Waals surface area (Å²) in [5, 5.41) is 12.1. The Morgan fingerprint density at radius 2 is 2.27 bits per heavy atom. The third-order valence-corrected chi connectivity index (χ3v) is 2.56. The molecule has 1 aromatic carbocycles. The smallest absolute Gasteiger partial charge is 0.173 e. The van der Waals surface area contributed by atoms with Gasteiger partial charge in [0, 0.05) is 19.3 Å². The van der Waals surface area contributed by atoms with Gasteiger partial charge < -0.3 is 15.8 Å². The number of oxime groups is 1. The molecule has 0 saturated carbocycles. The molecule has 0 amide bonds. The number of nitrogens with two attached hydrogens (primary N) is 1. The molecular weight excluding hydrogens is 214 g/mol. The van der Waals surface area contributed by atoms with Gasteiger partial charge in [-0.25, -0.2) is 0 Å². The molecule has 0 bridgehead atoms. The van der Waals surface area contributed by atoms with E-state index >= 15 is 0 Å². The molecule has 0 fully saturated rings. The van der Waals surface area contributed by atoms with Gasteiger partial charge in [0.2, 0.25) is 0 Å². The first-order chi connectivity index (χ1) is 7.11. The number of benzene rings is 1. The Balaban J connectivity index is 3.33. The summed E-state index contributed by atoms with van der Waals surface area (Å²) in [5.74, 6) is 0.0240. The van der Waals surface area contributed by atoms with E-state index in [4.69, 9.17) is 22.5 Å². The van der Waals surface area contributed by atoms with Crippen LogP contribution in [0.25, 0.3) is 0 Å². The molecule has 0 aromatic heterocycles. The van der Waals surface area contributed by atoms with Crippen molar-refractivity contribution in [1.82, 2.24) is 0 Å². The van der Waals surface area contributed by atoms with Gasteiger partial charge in [0.15, 0.2) is 5.84 Å². The second-order valence-corrected chi connectivity index (χ2v) is 3.54. The van der Waals surface area contributed by atoms with E-state index in [-0.39, 0.29) is 5.84 Å². The first-order valence-electron chi connectivity index (χ1n) is 4.59. The van der Waals surface area contributed by atoms with E-state index in [0.29, 0.717) is 10.6 Å². The van der Waals surface area contributed by atoms with Crippen molar-refractivity contribution >= 4 is 23.1 Å². The molecule has 0 spiro atoms. The first kappa shape index (κ1) is 11.7. The lowest BCUT2D eigenvalue weighted by Crippen LogP contribution is -2.22. The van der Waals surface area contributed by atoms with Crippen LogP contribution in [0.4, 0.5) is 5.69 Å². The van der Waals surface area contributed by atoms with Crippen molar-refractivity contribution in [2.45, 2.75) is 6.92 Å². The number of hydrogen-bond donors (Lipinski definition) is 2. The third-order valence-electron chi connectivity index (χ3n) is 2.24. The highest BCUT2D eigenvalue weighted by Crippen LogP contribution is 2.26. The van der Waals surface area contributed by atoms with E-state index in [2.05, 4.69) is 5.16 Å². The molecule has 0 aliphatic carbocycles. The van der Waals surface area contributed by atoms with E-state index in [1.54, 1.807) is 6.07 Å². The fourth-order valence-corrected chi connectivity index (χ4v) is 1.57. The molecule has 0 radical (unpaired) electrons. The Labute approximate surface area is 93.9 Å². The molecule has 0 atom stereocenters. The highest BCUT2D eigenvalue weighted by molar-refractivity contribution is 6.34. The molecule has 0 aliphatic rings. The van der Waals surface area contributed by atoms with Crippen LogP contribution in [0.1, 0.15) is 12.5 Å². The van der Waals surface area contributed by atoms with Crippen molar-refractivity contribution in [3.63, 3.8) is 0 Å². The summed E-state index contributed by atoms with van der Waals surface area (Å²) in [6.07, 6.45) is 0. The van der Waals surface area contributed by atoms with Crippen molar-refractivity contribution < 1.29 is 5.21 Å². The standard InChI is InChI=1S/C10H14ClN3O/c1-3-14(2)8-6-4-5-7(11)9(8)10(12)13-15/h4-6,15H,3H2,1-2H3,(H2,12,13). The number of anilines is 1. The van der Waals surface area contributed by atoms with Crippen molar-refractivity contribution in [3.05, 3.63) is 28.8 Å². The average Bonchev–Trinajstić information content (AvgIpc) is 2.26. The quantitative estimate of drug-likeness (QED) is 0.359. The molecule has 0 heterocycles. The Morgan fingerprint density at radius 3 is 2.80 bits per heavy atom. The van der Waals surface area contributed by atoms with Crippen LogP contribution in [-0.4, -0.2) is 24.6 Å². The fraction of sp³-hybridized carbons (Fsp3) is 0.300. The van der Waals surface area contributed by atoms with Gasteiger partial charge in [0.05, 0.1) is 10.6 Å². The van der Waals surface area contributed by atoms with Gasteiger partial charge in [-0.15, -0.1) is 0 Å². The van der Waals surface area contributed by atoms with Gasteiger partial charge in [-0.3, -0.25) is 0 Å². The molecule has 0 saturated heterocycles. The van der Waals surface area contributed by atoms with Gasteiger partial charge in [-0.1, -0.05) is 22.8 Å². The predicted octanol–water partition coefficient (Wildman–Crippen LogP) is 1.89. The van der Waals surface area contributed by atoms with E-state index in [9.17, 15) is 0 Å². The van der Waals surface area contributed by atoms with Crippen LogP contribution in [0.5, 0.6) is 0 Å². The highest BCUT2D eigenvalue weighted by atomic mass is 35.5. The first-order valence-corrected chi connectivity index (χ1v) is 4.97. The second-order valence-electron chi connectivity index (χ2n) is 3.13. The highest BCUT2D eigenvalue weighted by Gasteiger charge is 2.13. The third kappa shape index (κ3) is 2.33. The van der Waals surface area contributed by atoms with Crippen LogP contribution in [0, 0.1) is 0 Å². The number of amidine groups is 1. The second kappa shape index (κ2) is 4.89. The lowest BCUT2D eigenvalue weighted by atomic mass is 10.1. The van der Waals surface area contributed by atoms with Crippen LogP contribution in [-0.2, 0) is 0 Å². The zero-order valence-electron chi connectivity index (χ0n) is 8.74. The molecule has 82 valence electrons. The molecular formula is C10H14ClN3O. The van der Waals surface area contributed by atoms with E-state index < -0.39 is 0 Å². The van der Waals surface area contributed by atoms with Crippen molar-refractivity contribution in [2.75, 3.05) is 18.5 Å². The van der Waals surface area contributed by atoms with Gasteiger partial charge >= 0.3 is 0 Å². The number of nitrogens with zero attached hydrogens (tertiary/aromatic N) is 2. The fourth-order valence-electron chi connectivity index (χ4n) is 1.30. The SMILES string of the molecule is CCN(C)c1cccc(Cl)c1C(N)=NO. The summed E-state index contributed by atoms with van der Waals surface area (Å²) in [6.45, 7) is 2.82. The maximum Gasteiger partial charge on any atom is 0.173 e. The van der Waals surface area contributed by atoms with Crippen LogP contribution in [0.3, 0.4) is 0 Å². The number of hydrogen-bond acceptors (Lipinski definition) is 3. The van der Waals surface area contributed by atoms with E-state index in [1.807, 2.05) is 31.0 Å². The van der Waals surface area contributed by atoms with Gasteiger partial charge in [0.1, 0.15) is 0 Å². The summed E-state index contributed by atoms with van der Waals surface area (Å²) in [4.78, 5) is 1.97. The molecule has 3 N–H and O–H groups in total.